The van der Waals surface area contributed by atoms with Crippen molar-refractivity contribution in [2.45, 2.75) is 0 Å². The molecule has 0 amide bonds. The van der Waals surface area contributed by atoms with E-state index in [1.807, 2.05) is 18.2 Å². The average Bonchev–Trinajstić information content (AvgIpc) is 2.41. The van der Waals surface area contributed by atoms with Gasteiger partial charge < -0.3 is 0 Å². The van der Waals surface area contributed by atoms with Crippen LogP contribution in [0.1, 0.15) is 0 Å². The third-order valence-electron chi connectivity index (χ3n) is 2.28. The van der Waals surface area contributed by atoms with Gasteiger partial charge in [-0.1, -0.05) is 52.3 Å². The maximum atomic E-state index is 3.78. The number of halogens is 1. The molecule has 0 unspecified atom stereocenters. The second-order valence-corrected chi connectivity index (χ2v) is 4.43. The molecule has 0 N–H and O–H groups in total. The van der Waals surface area contributed by atoms with Gasteiger partial charge in [-0.3, -0.25) is 4.98 Å². The van der Waals surface area contributed by atoms with E-state index in [9.17, 15) is 0 Å². The van der Waals surface area contributed by atoms with E-state index in [2.05, 4.69) is 63.4 Å². The van der Waals surface area contributed by atoms with E-state index in [1.54, 1.807) is 12.4 Å². The average molecular weight is 286 g/mol. The van der Waals surface area contributed by atoms with E-state index in [1.165, 1.54) is 10.8 Å². The number of fused-ring (bicyclic) bond motifs is 1. The Morgan fingerprint density at radius 2 is 1.41 bits per heavy atom. The summed E-state index contributed by atoms with van der Waals surface area (Å²) in [5.41, 5.74) is 0. The molecule has 0 aliphatic heterocycles. The monoisotopic (exact) mass is 285 g/mol. The summed E-state index contributed by atoms with van der Waals surface area (Å²) < 4.78 is 1.14. The van der Waals surface area contributed by atoms with Gasteiger partial charge in [0.2, 0.25) is 0 Å². The number of pyridine rings is 1. The quantitative estimate of drug-likeness (QED) is 0.584. The summed E-state index contributed by atoms with van der Waals surface area (Å²) in [5, 5.41) is 2.57. The Balaban J connectivity index is 0.000000153. The van der Waals surface area contributed by atoms with E-state index >= 15 is 0 Å². The molecule has 0 saturated carbocycles. The van der Waals surface area contributed by atoms with Gasteiger partial charge in [-0.2, -0.15) is 0 Å². The van der Waals surface area contributed by atoms with Crippen LogP contribution in [0.3, 0.4) is 0 Å². The zero-order valence-corrected chi connectivity index (χ0v) is 10.8. The van der Waals surface area contributed by atoms with Crippen molar-refractivity contribution in [2.75, 3.05) is 0 Å². The first-order valence-electron chi connectivity index (χ1n) is 5.35. The van der Waals surface area contributed by atoms with Crippen LogP contribution in [0.2, 0.25) is 0 Å². The Morgan fingerprint density at radius 3 is 2.00 bits per heavy atom. The molecule has 1 aromatic heterocycles. The minimum atomic E-state index is 1.14. The highest BCUT2D eigenvalue weighted by Crippen LogP contribution is 2.18. The Hall–Kier alpha value is -1.67. The lowest BCUT2D eigenvalue weighted by atomic mass is 10.1. The van der Waals surface area contributed by atoms with E-state index < -0.39 is 0 Å². The Morgan fingerprint density at radius 1 is 0.706 bits per heavy atom. The molecule has 0 radical (unpaired) electrons. The Kier molecular flexibility index (Phi) is 4.28. The fourth-order valence-corrected chi connectivity index (χ4v) is 1.85. The van der Waals surface area contributed by atoms with Gasteiger partial charge in [-0.25, -0.2) is 0 Å². The van der Waals surface area contributed by atoms with Crippen LogP contribution < -0.4 is 0 Å². The van der Waals surface area contributed by atoms with Crippen LogP contribution in [0.25, 0.3) is 10.8 Å². The van der Waals surface area contributed by atoms with Gasteiger partial charge in [0.1, 0.15) is 0 Å². The van der Waals surface area contributed by atoms with E-state index in [0.717, 1.165) is 4.47 Å². The summed E-state index contributed by atoms with van der Waals surface area (Å²) in [6, 6.07) is 20.3. The maximum Gasteiger partial charge on any atom is 0.0267 e. The number of aromatic nitrogens is 1. The highest BCUT2D eigenvalue weighted by atomic mass is 79.9. The molecule has 0 spiro atoms. The third kappa shape index (κ3) is 3.68. The number of benzene rings is 2. The highest BCUT2D eigenvalue weighted by Gasteiger charge is 1.90. The fraction of sp³-hybridized carbons (Fsp3) is 0. The largest absolute Gasteiger partial charge is 0.265 e. The van der Waals surface area contributed by atoms with Crippen LogP contribution in [0.5, 0.6) is 0 Å². The van der Waals surface area contributed by atoms with Gasteiger partial charge in [-0.15, -0.1) is 0 Å². The Labute approximate surface area is 109 Å². The molecule has 3 aromatic rings. The number of hydrogen-bond acceptors (Lipinski definition) is 1. The van der Waals surface area contributed by atoms with Gasteiger partial charge in [0.05, 0.1) is 0 Å². The van der Waals surface area contributed by atoms with Crippen LogP contribution in [0, 0.1) is 0 Å². The molecule has 2 heteroatoms. The topological polar surface area (TPSA) is 12.9 Å². The van der Waals surface area contributed by atoms with Gasteiger partial charge in [0.25, 0.3) is 0 Å². The number of hydrogen-bond donors (Lipinski definition) is 0. The van der Waals surface area contributed by atoms with Gasteiger partial charge in [0.15, 0.2) is 0 Å². The summed E-state index contributed by atoms with van der Waals surface area (Å²) in [6.45, 7) is 0. The lowest BCUT2D eigenvalue weighted by Crippen LogP contribution is -1.69. The van der Waals surface area contributed by atoms with Crippen molar-refractivity contribution in [3.05, 3.63) is 77.5 Å². The lowest BCUT2D eigenvalue weighted by Gasteiger charge is -1.95. The molecule has 3 rings (SSSR count). The smallest absolute Gasteiger partial charge is 0.0267 e. The van der Waals surface area contributed by atoms with Crippen LogP contribution >= 0.6 is 15.9 Å². The third-order valence-corrected chi connectivity index (χ3v) is 2.77. The molecule has 0 fully saturated rings. The molecule has 0 saturated heterocycles. The second-order valence-electron chi connectivity index (χ2n) is 3.52. The minimum absolute atomic E-state index is 1.14. The first-order chi connectivity index (χ1) is 8.36. The summed E-state index contributed by atoms with van der Waals surface area (Å²) in [4.78, 5) is 3.78. The standard InChI is InChI=1S/C10H7Br.C5H5N/c11-10-6-5-8-3-1-2-4-9(8)7-10;1-2-4-6-5-3-1/h1-7H;1-5H. The summed E-state index contributed by atoms with van der Waals surface area (Å²) in [6.07, 6.45) is 3.50. The first-order valence-corrected chi connectivity index (χ1v) is 6.15. The molecular formula is C15H12BrN. The SMILES string of the molecule is Brc1ccc2ccccc2c1.c1ccncc1. The predicted molar refractivity (Wildman–Crippen MR) is 75.9 cm³/mol. The van der Waals surface area contributed by atoms with Crippen LogP contribution in [0.4, 0.5) is 0 Å². The lowest BCUT2D eigenvalue weighted by molar-refractivity contribution is 1.33. The maximum absolute atomic E-state index is 3.78. The van der Waals surface area contributed by atoms with E-state index in [4.69, 9.17) is 0 Å². The molecule has 17 heavy (non-hydrogen) atoms. The summed E-state index contributed by atoms with van der Waals surface area (Å²) >= 11 is 3.43. The van der Waals surface area contributed by atoms with Gasteiger partial charge >= 0.3 is 0 Å². The summed E-state index contributed by atoms with van der Waals surface area (Å²) in [7, 11) is 0. The van der Waals surface area contributed by atoms with Gasteiger partial charge in [0, 0.05) is 16.9 Å². The zero-order valence-electron chi connectivity index (χ0n) is 9.25. The minimum Gasteiger partial charge on any atom is -0.265 e. The van der Waals surface area contributed by atoms with Crippen molar-refractivity contribution >= 4 is 26.7 Å². The molecule has 0 bridgehead atoms. The second kappa shape index (κ2) is 6.16. The fourth-order valence-electron chi connectivity index (χ4n) is 1.47. The number of rotatable bonds is 0. The molecule has 84 valence electrons. The number of nitrogens with zero attached hydrogens (tertiary/aromatic N) is 1. The van der Waals surface area contributed by atoms with Crippen LogP contribution in [-0.2, 0) is 0 Å². The van der Waals surface area contributed by atoms with Crippen molar-refractivity contribution in [1.29, 1.82) is 0 Å². The first kappa shape index (κ1) is 11.8. The molecule has 0 atom stereocenters. The van der Waals surface area contributed by atoms with Crippen molar-refractivity contribution in [1.82, 2.24) is 4.98 Å². The molecule has 2 aromatic carbocycles. The van der Waals surface area contributed by atoms with E-state index in [0.29, 0.717) is 0 Å². The summed E-state index contributed by atoms with van der Waals surface area (Å²) in [5.74, 6) is 0. The molecule has 1 heterocycles. The van der Waals surface area contributed by atoms with Crippen molar-refractivity contribution in [3.63, 3.8) is 0 Å². The Bertz CT molecular complexity index is 552. The van der Waals surface area contributed by atoms with E-state index in [-0.39, 0.29) is 0 Å². The highest BCUT2D eigenvalue weighted by molar-refractivity contribution is 9.10. The van der Waals surface area contributed by atoms with Crippen LogP contribution in [-0.4, -0.2) is 4.98 Å². The van der Waals surface area contributed by atoms with Crippen molar-refractivity contribution in [3.8, 4) is 0 Å². The van der Waals surface area contributed by atoms with Crippen LogP contribution in [0.15, 0.2) is 77.5 Å². The molecular weight excluding hydrogens is 274 g/mol. The zero-order chi connectivity index (χ0) is 11.9. The van der Waals surface area contributed by atoms with Gasteiger partial charge in [-0.05, 0) is 35.0 Å². The van der Waals surface area contributed by atoms with Crippen molar-refractivity contribution < 1.29 is 0 Å². The van der Waals surface area contributed by atoms with Crippen molar-refractivity contribution in [2.24, 2.45) is 0 Å². The predicted octanol–water partition coefficient (Wildman–Crippen LogP) is 4.68. The molecule has 0 aliphatic carbocycles. The molecule has 0 aliphatic rings. The molecule has 1 nitrogen and oxygen atoms in total. The normalized spacial score (nSPS) is 9.47.